The average molecular weight is 174 g/mol. The van der Waals surface area contributed by atoms with Crippen molar-refractivity contribution in [3.63, 3.8) is 0 Å². The predicted octanol–water partition coefficient (Wildman–Crippen LogP) is 2.39. The lowest BCUT2D eigenvalue weighted by molar-refractivity contribution is 0.993. The van der Waals surface area contributed by atoms with Crippen molar-refractivity contribution in [3.05, 3.63) is 28.6 Å². The molecule has 0 aliphatic heterocycles. The van der Waals surface area contributed by atoms with Gasteiger partial charge in [0.05, 0.1) is 0 Å². The van der Waals surface area contributed by atoms with Crippen molar-refractivity contribution in [2.45, 2.75) is 33.6 Å². The van der Waals surface area contributed by atoms with Gasteiger partial charge in [-0.25, -0.2) is 4.98 Å². The van der Waals surface area contributed by atoms with Crippen LogP contribution < -0.4 is 0 Å². The molecule has 1 aromatic rings. The maximum absolute atomic E-state index is 8.83. The van der Waals surface area contributed by atoms with Gasteiger partial charge in [-0.15, -0.1) is 0 Å². The van der Waals surface area contributed by atoms with Gasteiger partial charge in [-0.3, -0.25) is 0 Å². The molecule has 1 rings (SSSR count). The molecule has 0 spiro atoms. The number of nitriles is 1. The first-order valence-corrected chi connectivity index (χ1v) is 4.62. The summed E-state index contributed by atoms with van der Waals surface area (Å²) in [6.45, 7) is 6.24. The second-order valence-electron chi connectivity index (χ2n) is 3.05. The molecule has 0 saturated carbocycles. The van der Waals surface area contributed by atoms with Crippen LogP contribution in [0.15, 0.2) is 6.20 Å². The summed E-state index contributed by atoms with van der Waals surface area (Å²) >= 11 is 0. The standard InChI is InChI=1S/C11H14N2/c1-4-9-7-13-11(6-12)10(5-2)8(9)3/h7H,4-5H2,1-3H3. The highest BCUT2D eigenvalue weighted by molar-refractivity contribution is 5.41. The maximum atomic E-state index is 8.83. The van der Waals surface area contributed by atoms with E-state index in [1.54, 1.807) is 0 Å². The highest BCUT2D eigenvalue weighted by Crippen LogP contribution is 2.16. The van der Waals surface area contributed by atoms with E-state index in [-0.39, 0.29) is 0 Å². The van der Waals surface area contributed by atoms with Crippen molar-refractivity contribution in [3.8, 4) is 6.07 Å². The molecule has 13 heavy (non-hydrogen) atoms. The van der Waals surface area contributed by atoms with E-state index in [1.165, 1.54) is 11.1 Å². The van der Waals surface area contributed by atoms with Crippen LogP contribution in [0.4, 0.5) is 0 Å². The molecule has 0 bridgehead atoms. The van der Waals surface area contributed by atoms with Crippen molar-refractivity contribution in [1.82, 2.24) is 4.98 Å². The van der Waals surface area contributed by atoms with E-state index in [0.717, 1.165) is 18.4 Å². The molecule has 0 amide bonds. The number of hydrogen-bond acceptors (Lipinski definition) is 2. The van der Waals surface area contributed by atoms with Crippen molar-refractivity contribution in [1.29, 1.82) is 5.26 Å². The molecule has 0 saturated heterocycles. The number of nitrogens with zero attached hydrogens (tertiary/aromatic N) is 2. The zero-order chi connectivity index (χ0) is 9.84. The number of hydrogen-bond donors (Lipinski definition) is 0. The quantitative estimate of drug-likeness (QED) is 0.690. The first-order valence-electron chi connectivity index (χ1n) is 4.62. The Labute approximate surface area is 79.2 Å². The van der Waals surface area contributed by atoms with Gasteiger partial charge in [-0.05, 0) is 36.5 Å². The molecule has 0 aliphatic rings. The second kappa shape index (κ2) is 4.04. The number of rotatable bonds is 2. The van der Waals surface area contributed by atoms with Gasteiger partial charge in [0.2, 0.25) is 0 Å². The lowest BCUT2D eigenvalue weighted by atomic mass is 9.99. The molecule has 1 aromatic heterocycles. The van der Waals surface area contributed by atoms with Crippen molar-refractivity contribution >= 4 is 0 Å². The molecule has 2 nitrogen and oxygen atoms in total. The summed E-state index contributed by atoms with van der Waals surface area (Å²) in [6.07, 6.45) is 3.68. The Morgan fingerprint density at radius 2 is 2.08 bits per heavy atom. The minimum Gasteiger partial charge on any atom is -0.245 e. The molecule has 0 radical (unpaired) electrons. The van der Waals surface area contributed by atoms with Gasteiger partial charge in [0.1, 0.15) is 11.8 Å². The number of pyridine rings is 1. The van der Waals surface area contributed by atoms with E-state index in [4.69, 9.17) is 5.26 Å². The van der Waals surface area contributed by atoms with E-state index in [0.29, 0.717) is 5.69 Å². The summed E-state index contributed by atoms with van der Waals surface area (Å²) in [5, 5.41) is 8.83. The third kappa shape index (κ3) is 1.70. The lowest BCUT2D eigenvalue weighted by Gasteiger charge is -2.08. The van der Waals surface area contributed by atoms with Gasteiger partial charge in [0.25, 0.3) is 0 Å². The Hall–Kier alpha value is -1.36. The summed E-state index contributed by atoms with van der Waals surface area (Å²) in [4.78, 5) is 4.14. The van der Waals surface area contributed by atoms with Crippen LogP contribution in [-0.2, 0) is 12.8 Å². The van der Waals surface area contributed by atoms with Crippen LogP contribution in [0.3, 0.4) is 0 Å². The van der Waals surface area contributed by atoms with Crippen LogP contribution in [0, 0.1) is 18.3 Å². The van der Waals surface area contributed by atoms with Crippen LogP contribution in [-0.4, -0.2) is 4.98 Å². The molecular weight excluding hydrogens is 160 g/mol. The summed E-state index contributed by atoms with van der Waals surface area (Å²) in [5.41, 5.74) is 4.16. The summed E-state index contributed by atoms with van der Waals surface area (Å²) < 4.78 is 0. The number of aromatic nitrogens is 1. The fourth-order valence-corrected chi connectivity index (χ4v) is 1.57. The fraction of sp³-hybridized carbons (Fsp3) is 0.455. The Balaban J connectivity index is 3.34. The van der Waals surface area contributed by atoms with Crippen molar-refractivity contribution in [2.75, 3.05) is 0 Å². The third-order valence-corrected chi connectivity index (χ3v) is 2.41. The molecule has 1 heterocycles. The second-order valence-corrected chi connectivity index (χ2v) is 3.05. The molecule has 0 fully saturated rings. The monoisotopic (exact) mass is 174 g/mol. The SMILES string of the molecule is CCc1cnc(C#N)c(CC)c1C. The summed E-state index contributed by atoms with van der Waals surface area (Å²) in [6, 6.07) is 2.13. The van der Waals surface area contributed by atoms with E-state index < -0.39 is 0 Å². The van der Waals surface area contributed by atoms with E-state index >= 15 is 0 Å². The predicted molar refractivity (Wildman–Crippen MR) is 52.4 cm³/mol. The Morgan fingerprint density at radius 3 is 2.54 bits per heavy atom. The van der Waals surface area contributed by atoms with Crippen LogP contribution in [0.25, 0.3) is 0 Å². The molecule has 0 unspecified atom stereocenters. The first kappa shape index (κ1) is 9.73. The minimum absolute atomic E-state index is 0.581. The highest BCUT2D eigenvalue weighted by atomic mass is 14.7. The summed E-state index contributed by atoms with van der Waals surface area (Å²) in [7, 11) is 0. The molecule has 68 valence electrons. The smallest absolute Gasteiger partial charge is 0.143 e. The van der Waals surface area contributed by atoms with Gasteiger partial charge in [-0.2, -0.15) is 5.26 Å². The third-order valence-electron chi connectivity index (χ3n) is 2.41. The lowest BCUT2D eigenvalue weighted by Crippen LogP contribution is -2.00. The van der Waals surface area contributed by atoms with E-state index in [2.05, 4.69) is 31.8 Å². The topological polar surface area (TPSA) is 36.7 Å². The largest absolute Gasteiger partial charge is 0.245 e. The molecule has 0 N–H and O–H groups in total. The molecule has 0 aromatic carbocycles. The maximum Gasteiger partial charge on any atom is 0.143 e. The van der Waals surface area contributed by atoms with Gasteiger partial charge in [0, 0.05) is 6.20 Å². The van der Waals surface area contributed by atoms with Crippen LogP contribution >= 0.6 is 0 Å². The highest BCUT2D eigenvalue weighted by Gasteiger charge is 2.07. The zero-order valence-corrected chi connectivity index (χ0v) is 8.39. The first-order chi connectivity index (χ1) is 6.24. The Morgan fingerprint density at radius 1 is 1.38 bits per heavy atom. The minimum atomic E-state index is 0.581. The molecular formula is C11H14N2. The van der Waals surface area contributed by atoms with Gasteiger partial charge < -0.3 is 0 Å². The normalized spacial score (nSPS) is 9.69. The van der Waals surface area contributed by atoms with Crippen LogP contribution in [0.1, 0.15) is 36.2 Å². The Kier molecular flexibility index (Phi) is 3.02. The molecule has 0 aliphatic carbocycles. The average Bonchev–Trinajstić information content (AvgIpc) is 2.17. The summed E-state index contributed by atoms with van der Waals surface area (Å²) in [5.74, 6) is 0. The van der Waals surface area contributed by atoms with Gasteiger partial charge >= 0.3 is 0 Å². The van der Waals surface area contributed by atoms with Crippen LogP contribution in [0.5, 0.6) is 0 Å². The van der Waals surface area contributed by atoms with E-state index in [1.807, 2.05) is 6.20 Å². The number of aryl methyl sites for hydroxylation is 1. The molecule has 0 atom stereocenters. The van der Waals surface area contributed by atoms with Crippen molar-refractivity contribution in [2.24, 2.45) is 0 Å². The Bertz CT molecular complexity index is 348. The van der Waals surface area contributed by atoms with Gasteiger partial charge in [-0.1, -0.05) is 13.8 Å². The molecule has 2 heteroatoms. The van der Waals surface area contributed by atoms with E-state index in [9.17, 15) is 0 Å². The zero-order valence-electron chi connectivity index (χ0n) is 8.39. The van der Waals surface area contributed by atoms with Crippen molar-refractivity contribution < 1.29 is 0 Å². The van der Waals surface area contributed by atoms with Gasteiger partial charge in [0.15, 0.2) is 0 Å². The fourth-order valence-electron chi connectivity index (χ4n) is 1.57. The van der Waals surface area contributed by atoms with Crippen LogP contribution in [0.2, 0.25) is 0 Å².